The highest BCUT2D eigenvalue weighted by Crippen LogP contribution is 2.29. The molecule has 0 amide bonds. The summed E-state index contributed by atoms with van der Waals surface area (Å²) in [4.78, 5) is 22.7. The molecule has 0 aliphatic heterocycles. The Bertz CT molecular complexity index is 693. The molecule has 120 valence electrons. The molecule has 2 aromatic heterocycles. The predicted molar refractivity (Wildman–Crippen MR) is 84.3 cm³/mol. The van der Waals surface area contributed by atoms with Gasteiger partial charge in [0.05, 0.1) is 6.33 Å². The van der Waals surface area contributed by atoms with Gasteiger partial charge in [-0.05, 0) is 24.7 Å². The molecule has 22 heavy (non-hydrogen) atoms. The first-order chi connectivity index (χ1) is 10.7. The van der Waals surface area contributed by atoms with Crippen LogP contribution < -0.4 is 11.3 Å². The van der Waals surface area contributed by atoms with Crippen molar-refractivity contribution < 1.29 is 5.11 Å². The summed E-state index contributed by atoms with van der Waals surface area (Å²) >= 11 is 0. The Morgan fingerprint density at radius 2 is 2.00 bits per heavy atom. The van der Waals surface area contributed by atoms with E-state index in [1.54, 1.807) is 6.33 Å². The molecule has 2 unspecified atom stereocenters. The van der Waals surface area contributed by atoms with Crippen molar-refractivity contribution in [2.45, 2.75) is 45.1 Å². The summed E-state index contributed by atoms with van der Waals surface area (Å²) < 4.78 is 1.90. The number of hydrogen-bond donors (Lipinski definition) is 3. The van der Waals surface area contributed by atoms with Gasteiger partial charge in [0, 0.05) is 13.2 Å². The lowest BCUT2D eigenvalue weighted by Gasteiger charge is -2.28. The maximum absolute atomic E-state index is 11.8. The van der Waals surface area contributed by atoms with E-state index in [-0.39, 0.29) is 18.1 Å². The molecule has 1 saturated carbocycles. The molecule has 0 saturated heterocycles. The lowest BCUT2D eigenvalue weighted by molar-refractivity contribution is 0.138. The van der Waals surface area contributed by atoms with Crippen LogP contribution in [-0.4, -0.2) is 31.2 Å². The molecule has 1 aliphatic carbocycles. The van der Waals surface area contributed by atoms with Crippen molar-refractivity contribution in [1.82, 2.24) is 19.5 Å². The number of nitrogens with zero attached hydrogens (tertiary/aromatic N) is 3. The first-order valence-electron chi connectivity index (χ1n) is 8.00. The predicted octanol–water partition coefficient (Wildman–Crippen LogP) is 1.28. The minimum Gasteiger partial charge on any atom is -0.396 e. The third-order valence-corrected chi connectivity index (χ3v) is 4.73. The van der Waals surface area contributed by atoms with E-state index in [4.69, 9.17) is 5.73 Å². The first-order valence-corrected chi connectivity index (χ1v) is 8.00. The zero-order valence-electron chi connectivity index (χ0n) is 12.7. The average Bonchev–Trinajstić information content (AvgIpc) is 2.85. The Morgan fingerprint density at radius 3 is 2.73 bits per heavy atom. The van der Waals surface area contributed by atoms with Crippen molar-refractivity contribution in [3.05, 3.63) is 16.7 Å². The van der Waals surface area contributed by atoms with E-state index in [1.165, 1.54) is 25.7 Å². The Kier molecular flexibility index (Phi) is 4.42. The van der Waals surface area contributed by atoms with Crippen LogP contribution in [0.3, 0.4) is 0 Å². The van der Waals surface area contributed by atoms with Crippen LogP contribution in [0.1, 0.15) is 38.5 Å². The zero-order valence-corrected chi connectivity index (χ0v) is 12.7. The third kappa shape index (κ3) is 2.99. The molecule has 0 radical (unpaired) electrons. The van der Waals surface area contributed by atoms with Gasteiger partial charge in [-0.3, -0.25) is 9.78 Å². The Hall–Kier alpha value is -1.89. The second-order valence-electron chi connectivity index (χ2n) is 6.21. The van der Waals surface area contributed by atoms with Gasteiger partial charge in [0.25, 0.3) is 5.56 Å². The van der Waals surface area contributed by atoms with Crippen molar-refractivity contribution in [3.63, 3.8) is 0 Å². The highest BCUT2D eigenvalue weighted by molar-refractivity contribution is 5.70. The molecule has 2 heterocycles. The smallest absolute Gasteiger partial charge is 0.280 e. The number of aromatic amines is 1. The van der Waals surface area contributed by atoms with Crippen LogP contribution >= 0.6 is 0 Å². The molecule has 1 fully saturated rings. The number of nitrogen functional groups attached to an aromatic ring is 1. The molecule has 0 bridgehead atoms. The standard InChI is InChI=1S/C15H23N5O2/c16-15-18-13-12(14(22)19-15)17-9-20(13)7-10-5-3-1-2-4-6-11(10)8-21/h9-11,21H,1-8H2,(H3,16,18,19,22). The Balaban J connectivity index is 1.88. The van der Waals surface area contributed by atoms with Crippen LogP contribution in [0.5, 0.6) is 0 Å². The van der Waals surface area contributed by atoms with Gasteiger partial charge in [-0.15, -0.1) is 0 Å². The number of rotatable bonds is 3. The van der Waals surface area contributed by atoms with E-state index >= 15 is 0 Å². The van der Waals surface area contributed by atoms with Crippen LogP contribution in [0.2, 0.25) is 0 Å². The highest BCUT2D eigenvalue weighted by atomic mass is 16.3. The fourth-order valence-corrected chi connectivity index (χ4v) is 3.48. The molecule has 2 aromatic rings. The Morgan fingerprint density at radius 1 is 1.27 bits per heavy atom. The van der Waals surface area contributed by atoms with Crippen molar-refractivity contribution in [2.75, 3.05) is 12.3 Å². The number of H-pyrrole nitrogens is 1. The molecule has 1 aliphatic rings. The third-order valence-electron chi connectivity index (χ3n) is 4.73. The number of nitrogens with two attached hydrogens (primary N) is 1. The maximum atomic E-state index is 11.8. The van der Waals surface area contributed by atoms with Crippen molar-refractivity contribution in [3.8, 4) is 0 Å². The minimum absolute atomic E-state index is 0.107. The van der Waals surface area contributed by atoms with E-state index in [9.17, 15) is 9.90 Å². The van der Waals surface area contributed by atoms with Gasteiger partial charge in [-0.25, -0.2) is 4.98 Å². The van der Waals surface area contributed by atoms with Gasteiger partial charge >= 0.3 is 0 Å². The van der Waals surface area contributed by atoms with Crippen LogP contribution in [0.4, 0.5) is 5.95 Å². The fraction of sp³-hybridized carbons (Fsp3) is 0.667. The van der Waals surface area contributed by atoms with Crippen LogP contribution in [0.15, 0.2) is 11.1 Å². The van der Waals surface area contributed by atoms with Crippen LogP contribution in [0, 0.1) is 11.8 Å². The molecule has 0 spiro atoms. The zero-order chi connectivity index (χ0) is 15.5. The van der Waals surface area contributed by atoms with Crippen molar-refractivity contribution in [1.29, 1.82) is 0 Å². The number of aliphatic hydroxyl groups is 1. The number of hydrogen-bond acceptors (Lipinski definition) is 5. The van der Waals surface area contributed by atoms with Gasteiger partial charge < -0.3 is 15.4 Å². The number of fused-ring (bicyclic) bond motifs is 1. The summed E-state index contributed by atoms with van der Waals surface area (Å²) in [6.07, 6.45) is 8.67. The summed E-state index contributed by atoms with van der Waals surface area (Å²) in [5, 5.41) is 9.69. The van der Waals surface area contributed by atoms with E-state index < -0.39 is 0 Å². The minimum atomic E-state index is -0.308. The topological polar surface area (TPSA) is 110 Å². The van der Waals surface area contributed by atoms with Gasteiger partial charge in [-0.1, -0.05) is 25.7 Å². The van der Waals surface area contributed by atoms with Gasteiger partial charge in [-0.2, -0.15) is 4.98 Å². The number of nitrogens with one attached hydrogen (secondary N) is 1. The molecule has 2 atom stereocenters. The fourth-order valence-electron chi connectivity index (χ4n) is 3.48. The van der Waals surface area contributed by atoms with Gasteiger partial charge in [0.2, 0.25) is 5.95 Å². The lowest BCUT2D eigenvalue weighted by atomic mass is 9.82. The van der Waals surface area contributed by atoms with E-state index in [2.05, 4.69) is 15.0 Å². The summed E-state index contributed by atoms with van der Waals surface area (Å²) in [7, 11) is 0. The SMILES string of the molecule is Nc1nc2c(ncn2CC2CCCCCCC2CO)c(=O)[nH]1. The number of aromatic nitrogens is 4. The number of aliphatic hydroxyl groups excluding tert-OH is 1. The molecular formula is C15H23N5O2. The molecule has 0 aromatic carbocycles. The van der Waals surface area contributed by atoms with Crippen LogP contribution in [-0.2, 0) is 6.54 Å². The van der Waals surface area contributed by atoms with Crippen LogP contribution in [0.25, 0.3) is 11.2 Å². The largest absolute Gasteiger partial charge is 0.396 e. The van der Waals surface area contributed by atoms with Gasteiger partial charge in [0.1, 0.15) is 0 Å². The van der Waals surface area contributed by atoms with Crippen molar-refractivity contribution >= 4 is 17.1 Å². The highest BCUT2D eigenvalue weighted by Gasteiger charge is 2.23. The van der Waals surface area contributed by atoms with Crippen molar-refractivity contribution in [2.24, 2.45) is 11.8 Å². The summed E-state index contributed by atoms with van der Waals surface area (Å²) in [5.41, 5.74) is 6.18. The van der Waals surface area contributed by atoms with E-state index in [1.807, 2.05) is 4.57 Å². The van der Waals surface area contributed by atoms with E-state index in [0.29, 0.717) is 23.0 Å². The maximum Gasteiger partial charge on any atom is 0.280 e. The summed E-state index contributed by atoms with van der Waals surface area (Å²) in [5.74, 6) is 0.790. The molecule has 4 N–H and O–H groups in total. The first kappa shape index (κ1) is 15.0. The monoisotopic (exact) mass is 305 g/mol. The summed E-state index contributed by atoms with van der Waals surface area (Å²) in [6.45, 7) is 0.936. The molecule has 3 rings (SSSR count). The Labute approximate surface area is 128 Å². The molecular weight excluding hydrogens is 282 g/mol. The number of anilines is 1. The molecule has 7 heteroatoms. The molecule has 7 nitrogen and oxygen atoms in total. The average molecular weight is 305 g/mol. The normalized spacial score (nSPS) is 23.3. The quantitative estimate of drug-likeness (QED) is 0.791. The second kappa shape index (κ2) is 6.48. The number of imidazole rings is 1. The second-order valence-corrected chi connectivity index (χ2v) is 6.21. The van der Waals surface area contributed by atoms with Gasteiger partial charge in [0.15, 0.2) is 11.2 Å². The lowest BCUT2D eigenvalue weighted by Crippen LogP contribution is -2.25. The summed E-state index contributed by atoms with van der Waals surface area (Å²) in [6, 6.07) is 0. The van der Waals surface area contributed by atoms with E-state index in [0.717, 1.165) is 19.4 Å².